The lowest BCUT2D eigenvalue weighted by molar-refractivity contribution is 0.160. The van der Waals surface area contributed by atoms with Gasteiger partial charge in [-0.2, -0.15) is 0 Å². The van der Waals surface area contributed by atoms with Crippen molar-refractivity contribution in [2.75, 3.05) is 46.9 Å². The van der Waals surface area contributed by atoms with E-state index in [1.54, 1.807) is 7.11 Å². The first-order valence-corrected chi connectivity index (χ1v) is 12.0. The van der Waals surface area contributed by atoms with E-state index < -0.39 is 0 Å². The molecule has 0 amide bonds. The monoisotopic (exact) mass is 566 g/mol. The SMILES string of the molecule is CN=C(NCC(c1ccc(OC)cc1)N1CCCCC1)N1CCC(C)C(n2ccnc2)C1.I. The predicted octanol–water partition coefficient (Wildman–Crippen LogP) is 4.20. The fourth-order valence-corrected chi connectivity index (χ4v) is 5.13. The number of aliphatic imine (C=N–C) groups is 1. The van der Waals surface area contributed by atoms with Gasteiger partial charge in [0.25, 0.3) is 0 Å². The number of hydrogen-bond donors (Lipinski definition) is 1. The van der Waals surface area contributed by atoms with Gasteiger partial charge in [0, 0.05) is 39.1 Å². The van der Waals surface area contributed by atoms with E-state index in [1.807, 2.05) is 19.6 Å². The van der Waals surface area contributed by atoms with E-state index in [9.17, 15) is 0 Å². The van der Waals surface area contributed by atoms with Crippen molar-refractivity contribution in [3.63, 3.8) is 0 Å². The molecular formula is C25H39IN6O. The Morgan fingerprint density at radius 1 is 1.18 bits per heavy atom. The van der Waals surface area contributed by atoms with E-state index >= 15 is 0 Å². The fourth-order valence-electron chi connectivity index (χ4n) is 5.13. The fraction of sp³-hybridized carbons (Fsp3) is 0.600. The highest BCUT2D eigenvalue weighted by Gasteiger charge is 2.30. The summed E-state index contributed by atoms with van der Waals surface area (Å²) in [6.07, 6.45) is 10.9. The summed E-state index contributed by atoms with van der Waals surface area (Å²) < 4.78 is 7.63. The molecule has 0 bridgehead atoms. The summed E-state index contributed by atoms with van der Waals surface area (Å²) in [6.45, 7) is 7.48. The quantitative estimate of drug-likeness (QED) is 0.323. The minimum atomic E-state index is 0. The highest BCUT2D eigenvalue weighted by molar-refractivity contribution is 14.0. The van der Waals surface area contributed by atoms with Crippen LogP contribution in [0.3, 0.4) is 0 Å². The topological polar surface area (TPSA) is 57.9 Å². The minimum absolute atomic E-state index is 0. The van der Waals surface area contributed by atoms with Gasteiger partial charge < -0.3 is 19.5 Å². The standard InChI is InChI=1S/C25H38N6O.HI/c1-20-11-15-30(18-24(20)31-16-12-27-19-31)25(26-2)28-17-23(29-13-5-4-6-14-29)21-7-9-22(32-3)10-8-21;/h7-10,12,16,19-20,23-24H,4-6,11,13-15,17-18H2,1-3H3,(H,26,28);1H. The van der Waals surface area contributed by atoms with Crippen molar-refractivity contribution in [2.45, 2.75) is 44.7 Å². The van der Waals surface area contributed by atoms with Crippen LogP contribution in [0.2, 0.25) is 0 Å². The van der Waals surface area contributed by atoms with Crippen molar-refractivity contribution >= 4 is 29.9 Å². The van der Waals surface area contributed by atoms with Crippen LogP contribution in [0.25, 0.3) is 0 Å². The summed E-state index contributed by atoms with van der Waals surface area (Å²) in [6, 6.07) is 9.31. The average molecular weight is 567 g/mol. The molecule has 0 radical (unpaired) electrons. The summed E-state index contributed by atoms with van der Waals surface area (Å²) in [5.41, 5.74) is 1.33. The Kier molecular flexibility index (Phi) is 9.85. The molecule has 3 unspecified atom stereocenters. The zero-order valence-corrected chi connectivity index (χ0v) is 22.5. The van der Waals surface area contributed by atoms with Crippen LogP contribution in [0.5, 0.6) is 5.75 Å². The number of likely N-dealkylation sites (tertiary alicyclic amines) is 2. The number of benzene rings is 1. The zero-order chi connectivity index (χ0) is 22.3. The number of imidazole rings is 1. The molecule has 2 aromatic rings. The largest absolute Gasteiger partial charge is 0.497 e. The van der Waals surface area contributed by atoms with Crippen molar-refractivity contribution in [1.29, 1.82) is 0 Å². The molecule has 7 nitrogen and oxygen atoms in total. The van der Waals surface area contributed by atoms with Crippen LogP contribution in [0, 0.1) is 5.92 Å². The van der Waals surface area contributed by atoms with Crippen LogP contribution in [0.4, 0.5) is 0 Å². The number of hydrogen-bond acceptors (Lipinski definition) is 4. The Hall–Kier alpha value is -1.81. The average Bonchev–Trinajstić information content (AvgIpc) is 3.38. The van der Waals surface area contributed by atoms with Crippen LogP contribution >= 0.6 is 24.0 Å². The number of nitrogens with one attached hydrogen (secondary N) is 1. The van der Waals surface area contributed by atoms with Crippen LogP contribution in [-0.4, -0.2) is 72.2 Å². The second-order valence-electron chi connectivity index (χ2n) is 9.10. The van der Waals surface area contributed by atoms with Gasteiger partial charge in [-0.15, -0.1) is 24.0 Å². The predicted molar refractivity (Wildman–Crippen MR) is 145 cm³/mol. The summed E-state index contributed by atoms with van der Waals surface area (Å²) in [5, 5.41) is 3.72. The highest BCUT2D eigenvalue weighted by Crippen LogP contribution is 2.28. The normalized spacial score (nSPS) is 23.0. The molecule has 2 aliphatic rings. The van der Waals surface area contributed by atoms with Crippen LogP contribution in [-0.2, 0) is 0 Å². The highest BCUT2D eigenvalue weighted by atomic mass is 127. The third kappa shape index (κ3) is 6.41. The maximum absolute atomic E-state index is 5.38. The van der Waals surface area contributed by atoms with E-state index in [4.69, 9.17) is 4.74 Å². The molecule has 4 rings (SSSR count). The lowest BCUT2D eigenvalue weighted by Gasteiger charge is -2.40. The van der Waals surface area contributed by atoms with Gasteiger partial charge in [0.2, 0.25) is 0 Å². The number of guanidine groups is 1. The van der Waals surface area contributed by atoms with Gasteiger partial charge in [-0.25, -0.2) is 4.98 Å². The summed E-state index contributed by atoms with van der Waals surface area (Å²) in [7, 11) is 3.62. The van der Waals surface area contributed by atoms with Gasteiger partial charge in [-0.1, -0.05) is 25.5 Å². The first-order valence-electron chi connectivity index (χ1n) is 12.0. The molecule has 2 aliphatic heterocycles. The molecule has 182 valence electrons. The molecule has 33 heavy (non-hydrogen) atoms. The molecule has 3 atom stereocenters. The Bertz CT molecular complexity index is 850. The van der Waals surface area contributed by atoms with Crippen molar-refractivity contribution in [1.82, 2.24) is 24.7 Å². The third-order valence-electron chi connectivity index (χ3n) is 7.12. The molecule has 2 saturated heterocycles. The number of piperidine rings is 2. The summed E-state index contributed by atoms with van der Waals surface area (Å²) in [4.78, 5) is 14.0. The number of nitrogens with zero attached hydrogens (tertiary/aromatic N) is 5. The smallest absolute Gasteiger partial charge is 0.193 e. The van der Waals surface area contributed by atoms with E-state index in [0.717, 1.165) is 50.9 Å². The van der Waals surface area contributed by atoms with E-state index in [1.165, 1.54) is 24.8 Å². The van der Waals surface area contributed by atoms with Crippen molar-refractivity contribution in [3.05, 3.63) is 48.5 Å². The van der Waals surface area contributed by atoms with Gasteiger partial charge in [0.15, 0.2) is 5.96 Å². The van der Waals surface area contributed by atoms with E-state index in [0.29, 0.717) is 18.0 Å². The molecule has 8 heteroatoms. The molecule has 0 spiro atoms. The second-order valence-corrected chi connectivity index (χ2v) is 9.10. The summed E-state index contributed by atoms with van der Waals surface area (Å²) in [5.74, 6) is 2.53. The second kappa shape index (κ2) is 12.6. The zero-order valence-electron chi connectivity index (χ0n) is 20.2. The van der Waals surface area contributed by atoms with Gasteiger partial charge in [0.05, 0.1) is 25.5 Å². The molecule has 1 N–H and O–H groups in total. The Morgan fingerprint density at radius 3 is 2.58 bits per heavy atom. The van der Waals surface area contributed by atoms with Crippen LogP contribution < -0.4 is 10.1 Å². The molecule has 2 fully saturated rings. The third-order valence-corrected chi connectivity index (χ3v) is 7.12. The Morgan fingerprint density at radius 2 is 1.94 bits per heavy atom. The lowest BCUT2D eigenvalue weighted by Crippen LogP contribution is -2.50. The van der Waals surface area contributed by atoms with Gasteiger partial charge in [-0.3, -0.25) is 9.89 Å². The van der Waals surface area contributed by atoms with Crippen LogP contribution in [0.1, 0.15) is 50.3 Å². The number of halogens is 1. The molecule has 1 aromatic carbocycles. The Labute approximate surface area is 215 Å². The Balaban J connectivity index is 0.00000306. The molecule has 1 aromatic heterocycles. The molecular weight excluding hydrogens is 527 g/mol. The van der Waals surface area contributed by atoms with E-state index in [2.05, 4.69) is 67.0 Å². The van der Waals surface area contributed by atoms with Gasteiger partial charge in [0.1, 0.15) is 5.75 Å². The van der Waals surface area contributed by atoms with Crippen LogP contribution in [0.15, 0.2) is 48.0 Å². The van der Waals surface area contributed by atoms with Crippen molar-refractivity contribution in [3.8, 4) is 5.75 Å². The van der Waals surface area contributed by atoms with Crippen molar-refractivity contribution in [2.24, 2.45) is 10.9 Å². The first kappa shape index (κ1) is 25.8. The first-order chi connectivity index (χ1) is 15.7. The number of rotatable bonds is 6. The molecule has 0 aliphatic carbocycles. The van der Waals surface area contributed by atoms with Gasteiger partial charge >= 0.3 is 0 Å². The van der Waals surface area contributed by atoms with Crippen molar-refractivity contribution < 1.29 is 4.74 Å². The molecule has 3 heterocycles. The summed E-state index contributed by atoms with van der Waals surface area (Å²) >= 11 is 0. The number of aromatic nitrogens is 2. The van der Waals surface area contributed by atoms with Gasteiger partial charge in [-0.05, 0) is 56.0 Å². The molecule has 0 saturated carbocycles. The minimum Gasteiger partial charge on any atom is -0.497 e. The maximum atomic E-state index is 5.38. The maximum Gasteiger partial charge on any atom is 0.193 e. The number of methoxy groups -OCH3 is 1. The number of ether oxygens (including phenoxy) is 1. The lowest BCUT2D eigenvalue weighted by atomic mass is 9.93. The van der Waals surface area contributed by atoms with E-state index in [-0.39, 0.29) is 24.0 Å².